The van der Waals surface area contributed by atoms with E-state index in [9.17, 15) is 0 Å². The summed E-state index contributed by atoms with van der Waals surface area (Å²) < 4.78 is 0. The number of nitrogens with zero attached hydrogens (tertiary/aromatic N) is 2. The van der Waals surface area contributed by atoms with Gasteiger partial charge in [0.25, 0.3) is 11.6 Å². The molecule has 0 saturated carbocycles. The van der Waals surface area contributed by atoms with Crippen molar-refractivity contribution >= 4 is 22.5 Å². The zero-order valence-electron chi connectivity index (χ0n) is 13.4. The van der Waals surface area contributed by atoms with Gasteiger partial charge < -0.3 is 0 Å². The minimum atomic E-state index is 1.02. The van der Waals surface area contributed by atoms with E-state index in [4.69, 9.17) is 0 Å². The van der Waals surface area contributed by atoms with Gasteiger partial charge in [-0.05, 0) is 24.6 Å². The van der Waals surface area contributed by atoms with Crippen LogP contribution in [0.15, 0.2) is 54.7 Å². The van der Waals surface area contributed by atoms with Crippen LogP contribution in [0.3, 0.4) is 0 Å². The van der Waals surface area contributed by atoms with Gasteiger partial charge >= 0.3 is 0 Å². The van der Waals surface area contributed by atoms with Crippen LogP contribution in [0, 0.1) is 6.92 Å². The number of rotatable bonds is 2. The number of aromatic nitrogens is 2. The van der Waals surface area contributed by atoms with Crippen molar-refractivity contribution in [2.24, 2.45) is 0 Å². The lowest BCUT2D eigenvalue weighted by molar-refractivity contribution is -0.364. The lowest BCUT2D eigenvalue weighted by atomic mass is 10.1. The molecule has 3 aromatic rings. The van der Waals surface area contributed by atoms with E-state index in [1.54, 1.807) is 0 Å². The first kappa shape index (κ1) is 14.0. The molecule has 0 unspecified atom stereocenters. The maximum absolute atomic E-state index is 3.59. The minimum absolute atomic E-state index is 1.02. The van der Waals surface area contributed by atoms with Gasteiger partial charge in [-0.1, -0.05) is 24.3 Å². The van der Waals surface area contributed by atoms with E-state index in [1.807, 2.05) is 12.3 Å². The van der Waals surface area contributed by atoms with Crippen LogP contribution < -0.4 is 19.8 Å². The zero-order chi connectivity index (χ0) is 15.6. The molecule has 0 radical (unpaired) electrons. The third-order valence-electron chi connectivity index (χ3n) is 4.62. The number of hydrogen-bond acceptors (Lipinski definition) is 2. The molecule has 4 heteroatoms. The Morgan fingerprint density at radius 3 is 2.26 bits per heavy atom. The number of aryl methyl sites for hydroxylation is 1. The predicted octanol–water partition coefficient (Wildman–Crippen LogP) is 2.10. The van der Waals surface area contributed by atoms with Crippen LogP contribution in [0.5, 0.6) is 0 Å². The summed E-state index contributed by atoms with van der Waals surface area (Å²) in [6.07, 6.45) is 1.99. The largest absolute Gasteiger partial charge is 0.275 e. The van der Waals surface area contributed by atoms with Crippen molar-refractivity contribution in [1.29, 1.82) is 0 Å². The average molecular weight is 306 g/mol. The molecule has 1 aliphatic heterocycles. The average Bonchev–Trinajstić information content (AvgIpc) is 2.63. The van der Waals surface area contributed by atoms with Crippen LogP contribution in [-0.4, -0.2) is 26.2 Å². The Kier molecular flexibility index (Phi) is 3.58. The molecule has 4 rings (SSSR count). The highest BCUT2D eigenvalue weighted by Gasteiger charge is 2.28. The van der Waals surface area contributed by atoms with E-state index in [0.29, 0.717) is 0 Å². The number of fused-ring (bicyclic) bond motifs is 1. The number of nitrogens with one attached hydrogen (secondary N) is 2. The summed E-state index contributed by atoms with van der Waals surface area (Å²) in [5, 5.41) is 1.30. The molecular weight excluding hydrogens is 284 g/mol. The molecule has 0 bridgehead atoms. The Hall–Kier alpha value is -2.62. The van der Waals surface area contributed by atoms with Gasteiger partial charge in [0.15, 0.2) is 0 Å². The molecule has 1 aromatic carbocycles. The van der Waals surface area contributed by atoms with Crippen molar-refractivity contribution in [3.8, 4) is 0 Å². The molecule has 1 aliphatic rings. The van der Waals surface area contributed by atoms with Gasteiger partial charge in [0, 0.05) is 17.5 Å². The number of benzene rings is 1. The second-order valence-electron chi connectivity index (χ2n) is 6.11. The van der Waals surface area contributed by atoms with Crippen LogP contribution >= 0.6 is 0 Å². The Labute approximate surface area is 136 Å². The summed E-state index contributed by atoms with van der Waals surface area (Å²) in [7, 11) is 0. The van der Waals surface area contributed by atoms with Crippen molar-refractivity contribution in [2.75, 3.05) is 36.0 Å². The SMILES string of the molecule is Cc1cc(N2CCN(c3cccc[nH+]3)CC2)[nH+]c2ccccc12. The molecule has 0 atom stereocenters. The monoisotopic (exact) mass is 306 g/mol. The van der Waals surface area contributed by atoms with Crippen molar-refractivity contribution in [3.63, 3.8) is 0 Å². The summed E-state index contributed by atoms with van der Waals surface area (Å²) in [5.74, 6) is 2.42. The number of pyridine rings is 2. The normalized spacial score (nSPS) is 15.2. The molecule has 3 heterocycles. The van der Waals surface area contributed by atoms with Gasteiger partial charge in [-0.2, -0.15) is 0 Å². The van der Waals surface area contributed by atoms with Crippen molar-refractivity contribution < 1.29 is 9.97 Å². The molecule has 4 nitrogen and oxygen atoms in total. The Morgan fingerprint density at radius 1 is 0.826 bits per heavy atom. The number of piperazine rings is 1. The second-order valence-corrected chi connectivity index (χ2v) is 6.11. The molecular formula is C19H22N4+2. The van der Waals surface area contributed by atoms with E-state index < -0.39 is 0 Å². The summed E-state index contributed by atoms with van der Waals surface area (Å²) in [6.45, 7) is 6.29. The second kappa shape index (κ2) is 5.88. The van der Waals surface area contributed by atoms with Gasteiger partial charge in [0.1, 0.15) is 31.7 Å². The minimum Gasteiger partial charge on any atom is -0.254 e. The predicted molar refractivity (Wildman–Crippen MR) is 92.7 cm³/mol. The lowest BCUT2D eigenvalue weighted by Crippen LogP contribution is -2.49. The molecule has 0 aliphatic carbocycles. The number of hydrogen-bond donors (Lipinski definition) is 0. The van der Waals surface area contributed by atoms with Gasteiger partial charge in [-0.15, -0.1) is 0 Å². The van der Waals surface area contributed by atoms with Gasteiger partial charge in [0.05, 0.1) is 6.20 Å². The highest BCUT2D eigenvalue weighted by molar-refractivity contribution is 5.80. The maximum atomic E-state index is 3.59. The Bertz CT molecular complexity index is 808. The Morgan fingerprint density at radius 2 is 1.52 bits per heavy atom. The summed E-state index contributed by atoms with van der Waals surface area (Å²) >= 11 is 0. The highest BCUT2D eigenvalue weighted by Crippen LogP contribution is 2.20. The van der Waals surface area contributed by atoms with Crippen LogP contribution in [-0.2, 0) is 0 Å². The van der Waals surface area contributed by atoms with Crippen LogP contribution in [0.4, 0.5) is 11.6 Å². The van der Waals surface area contributed by atoms with Gasteiger partial charge in [-0.3, -0.25) is 9.80 Å². The molecule has 2 aromatic heterocycles. The van der Waals surface area contributed by atoms with E-state index in [0.717, 1.165) is 26.2 Å². The maximum Gasteiger partial charge on any atom is 0.275 e. The van der Waals surface area contributed by atoms with Gasteiger partial charge in [-0.25, -0.2) is 9.97 Å². The summed E-state index contributed by atoms with van der Waals surface area (Å²) in [6, 6.07) is 17.0. The Balaban J connectivity index is 1.54. The first-order chi connectivity index (χ1) is 11.3. The molecule has 23 heavy (non-hydrogen) atoms. The van der Waals surface area contributed by atoms with Crippen molar-refractivity contribution in [1.82, 2.24) is 0 Å². The quantitative estimate of drug-likeness (QED) is 0.727. The van der Waals surface area contributed by atoms with Crippen LogP contribution in [0.1, 0.15) is 5.56 Å². The third kappa shape index (κ3) is 2.72. The first-order valence-corrected chi connectivity index (χ1v) is 8.19. The van der Waals surface area contributed by atoms with Gasteiger partial charge in [0.2, 0.25) is 0 Å². The summed E-state index contributed by atoms with van der Waals surface area (Å²) in [5.41, 5.74) is 2.54. The molecule has 0 amide bonds. The van der Waals surface area contributed by atoms with E-state index >= 15 is 0 Å². The third-order valence-corrected chi connectivity index (χ3v) is 4.62. The fourth-order valence-corrected chi connectivity index (χ4v) is 3.33. The number of aromatic amines is 2. The topological polar surface area (TPSA) is 34.8 Å². The molecule has 1 saturated heterocycles. The molecule has 2 N–H and O–H groups in total. The molecule has 116 valence electrons. The van der Waals surface area contributed by atoms with E-state index in [-0.39, 0.29) is 0 Å². The fourth-order valence-electron chi connectivity index (χ4n) is 3.33. The highest BCUT2D eigenvalue weighted by atomic mass is 15.3. The van der Waals surface area contributed by atoms with E-state index in [1.165, 1.54) is 28.1 Å². The van der Waals surface area contributed by atoms with Crippen LogP contribution in [0.2, 0.25) is 0 Å². The number of para-hydroxylation sites is 1. The number of H-pyrrole nitrogens is 2. The smallest absolute Gasteiger partial charge is 0.254 e. The summed E-state index contributed by atoms with van der Waals surface area (Å²) in [4.78, 5) is 11.8. The number of anilines is 2. The van der Waals surface area contributed by atoms with Crippen molar-refractivity contribution in [3.05, 3.63) is 60.3 Å². The molecule has 0 spiro atoms. The fraction of sp³-hybridized carbons (Fsp3) is 0.263. The van der Waals surface area contributed by atoms with Crippen molar-refractivity contribution in [2.45, 2.75) is 6.92 Å². The molecule has 1 fully saturated rings. The zero-order valence-corrected chi connectivity index (χ0v) is 13.4. The van der Waals surface area contributed by atoms with Crippen LogP contribution in [0.25, 0.3) is 10.9 Å². The standard InChI is InChI=1S/C19H20N4/c1-15-14-19(21-17-7-3-2-6-16(15)17)23-12-10-22(11-13-23)18-8-4-5-9-20-18/h2-9,14H,10-13H2,1H3/p+2. The van der Waals surface area contributed by atoms with E-state index in [2.05, 4.69) is 69.2 Å². The lowest BCUT2D eigenvalue weighted by Gasteiger charge is -2.27. The first-order valence-electron chi connectivity index (χ1n) is 8.19.